The van der Waals surface area contributed by atoms with Crippen molar-refractivity contribution < 1.29 is 19.1 Å². The molecule has 0 amide bonds. The van der Waals surface area contributed by atoms with Crippen LogP contribution in [-0.2, 0) is 9.53 Å². The second kappa shape index (κ2) is 7.48. The van der Waals surface area contributed by atoms with Crippen molar-refractivity contribution in [3.05, 3.63) is 108 Å². The van der Waals surface area contributed by atoms with E-state index in [1.165, 1.54) is 0 Å². The van der Waals surface area contributed by atoms with Crippen molar-refractivity contribution in [2.45, 2.75) is 5.92 Å². The Labute approximate surface area is 173 Å². The van der Waals surface area contributed by atoms with Crippen LogP contribution in [0.4, 0.5) is 0 Å². The molecule has 0 atom stereocenters. The van der Waals surface area contributed by atoms with E-state index in [4.69, 9.17) is 9.47 Å². The summed E-state index contributed by atoms with van der Waals surface area (Å²) in [7, 11) is 0. The Morgan fingerprint density at radius 2 is 1.33 bits per heavy atom. The molecule has 4 heteroatoms. The Kier molecular flexibility index (Phi) is 4.52. The van der Waals surface area contributed by atoms with Gasteiger partial charge in [0, 0.05) is 16.7 Å². The minimum Gasteiger partial charge on any atom is -0.457 e. The fraction of sp³-hybridized carbons (Fsp3) is 0.0769. The second-order valence-corrected chi connectivity index (χ2v) is 7.17. The van der Waals surface area contributed by atoms with Gasteiger partial charge in [-0.15, -0.1) is 0 Å². The van der Waals surface area contributed by atoms with E-state index in [1.54, 1.807) is 6.07 Å². The van der Waals surface area contributed by atoms with Crippen molar-refractivity contribution in [3.8, 4) is 11.5 Å². The molecule has 0 radical (unpaired) electrons. The van der Waals surface area contributed by atoms with Crippen molar-refractivity contribution in [2.75, 3.05) is 6.61 Å². The smallest absolute Gasteiger partial charge is 0.318 e. The molecule has 0 spiro atoms. The summed E-state index contributed by atoms with van der Waals surface area (Å²) in [4.78, 5) is 25.9. The third-order valence-electron chi connectivity index (χ3n) is 5.35. The maximum absolute atomic E-state index is 13.1. The molecule has 0 bridgehead atoms. The van der Waals surface area contributed by atoms with E-state index in [9.17, 15) is 9.59 Å². The van der Waals surface area contributed by atoms with Gasteiger partial charge in [0.15, 0.2) is 6.61 Å². The zero-order valence-electron chi connectivity index (χ0n) is 16.1. The Bertz CT molecular complexity index is 1220. The average Bonchev–Trinajstić information content (AvgIpc) is 2.80. The summed E-state index contributed by atoms with van der Waals surface area (Å²) < 4.78 is 11.4. The summed E-state index contributed by atoms with van der Waals surface area (Å²) in [6, 6.07) is 28.0. The van der Waals surface area contributed by atoms with Gasteiger partial charge < -0.3 is 9.47 Å². The monoisotopic (exact) mass is 394 g/mol. The highest BCUT2D eigenvalue weighted by Crippen LogP contribution is 2.44. The number of para-hydroxylation sites is 2. The normalized spacial score (nSPS) is 12.5. The molecule has 0 aromatic heterocycles. The third kappa shape index (κ3) is 3.12. The molecule has 0 saturated heterocycles. The highest BCUT2D eigenvalue weighted by molar-refractivity contribution is 6.09. The maximum Gasteiger partial charge on any atom is 0.318 e. The number of benzene rings is 4. The summed E-state index contributed by atoms with van der Waals surface area (Å²) in [6.07, 6.45) is 0. The van der Waals surface area contributed by atoms with Gasteiger partial charge in [-0.1, -0.05) is 78.9 Å². The molecule has 0 aliphatic carbocycles. The van der Waals surface area contributed by atoms with Crippen LogP contribution >= 0.6 is 0 Å². The number of ether oxygens (including phenoxy) is 2. The van der Waals surface area contributed by atoms with Crippen LogP contribution in [0, 0.1) is 0 Å². The first kappa shape index (κ1) is 18.1. The number of ketones is 1. The summed E-state index contributed by atoms with van der Waals surface area (Å²) in [6.45, 7) is -0.311. The summed E-state index contributed by atoms with van der Waals surface area (Å²) in [5, 5.41) is 1.82. The lowest BCUT2D eigenvalue weighted by Gasteiger charge is -2.26. The van der Waals surface area contributed by atoms with Gasteiger partial charge in [0.25, 0.3) is 0 Å². The third-order valence-corrected chi connectivity index (χ3v) is 5.35. The summed E-state index contributed by atoms with van der Waals surface area (Å²) in [5.41, 5.74) is 2.02. The largest absolute Gasteiger partial charge is 0.457 e. The minimum absolute atomic E-state index is 0.228. The van der Waals surface area contributed by atoms with E-state index < -0.39 is 11.9 Å². The number of rotatable bonds is 4. The van der Waals surface area contributed by atoms with Crippen LogP contribution in [0.3, 0.4) is 0 Å². The highest BCUT2D eigenvalue weighted by atomic mass is 16.5. The van der Waals surface area contributed by atoms with Crippen LogP contribution in [0.25, 0.3) is 10.8 Å². The summed E-state index contributed by atoms with van der Waals surface area (Å²) in [5.74, 6) is -0.0795. The van der Waals surface area contributed by atoms with Gasteiger partial charge in [-0.25, -0.2) is 0 Å². The lowest BCUT2D eigenvalue weighted by molar-refractivity contribution is -0.143. The molecule has 5 rings (SSSR count). The second-order valence-electron chi connectivity index (χ2n) is 7.17. The zero-order chi connectivity index (χ0) is 20.5. The molecule has 30 heavy (non-hydrogen) atoms. The van der Waals surface area contributed by atoms with E-state index >= 15 is 0 Å². The van der Waals surface area contributed by atoms with Gasteiger partial charge >= 0.3 is 5.97 Å². The van der Waals surface area contributed by atoms with Gasteiger partial charge in [0.05, 0.1) is 0 Å². The Morgan fingerprint density at radius 3 is 2.07 bits per heavy atom. The first-order valence-corrected chi connectivity index (χ1v) is 9.75. The van der Waals surface area contributed by atoms with E-state index in [1.807, 2.05) is 84.9 Å². The van der Waals surface area contributed by atoms with Crippen LogP contribution in [0.2, 0.25) is 0 Å². The number of esters is 1. The Hall–Kier alpha value is -3.92. The first-order chi connectivity index (χ1) is 14.7. The lowest BCUT2D eigenvalue weighted by Crippen LogP contribution is -2.23. The predicted molar refractivity (Wildman–Crippen MR) is 114 cm³/mol. The van der Waals surface area contributed by atoms with Crippen molar-refractivity contribution in [3.63, 3.8) is 0 Å². The van der Waals surface area contributed by atoms with Gasteiger partial charge in [0.2, 0.25) is 5.78 Å². The van der Waals surface area contributed by atoms with Crippen LogP contribution in [-0.4, -0.2) is 18.4 Å². The van der Waals surface area contributed by atoms with E-state index in [0.29, 0.717) is 17.1 Å². The van der Waals surface area contributed by atoms with Gasteiger partial charge in [-0.05, 0) is 22.9 Å². The molecule has 0 N–H and O–H groups in total. The highest BCUT2D eigenvalue weighted by Gasteiger charge is 2.33. The van der Waals surface area contributed by atoms with E-state index in [-0.39, 0.29) is 12.4 Å². The maximum atomic E-state index is 13.1. The first-order valence-electron chi connectivity index (χ1n) is 9.75. The van der Waals surface area contributed by atoms with E-state index in [0.717, 1.165) is 21.9 Å². The molecular formula is C26H18O4. The van der Waals surface area contributed by atoms with Gasteiger partial charge in [-0.3, -0.25) is 9.59 Å². The average molecular weight is 394 g/mol. The number of Topliss-reactive ketones (excluding diaryl/α,β-unsaturated/α-hetero) is 1. The molecule has 146 valence electrons. The molecule has 4 nitrogen and oxygen atoms in total. The molecule has 0 fully saturated rings. The Balaban J connectivity index is 1.42. The van der Waals surface area contributed by atoms with Crippen LogP contribution in [0.5, 0.6) is 11.5 Å². The number of fused-ring (bicyclic) bond motifs is 3. The van der Waals surface area contributed by atoms with Crippen molar-refractivity contribution in [2.24, 2.45) is 0 Å². The van der Waals surface area contributed by atoms with E-state index in [2.05, 4.69) is 0 Å². The fourth-order valence-corrected chi connectivity index (χ4v) is 3.93. The molecule has 0 saturated carbocycles. The zero-order valence-corrected chi connectivity index (χ0v) is 16.1. The van der Waals surface area contributed by atoms with Crippen molar-refractivity contribution in [1.82, 2.24) is 0 Å². The molecule has 1 heterocycles. The molecule has 1 aliphatic heterocycles. The van der Waals surface area contributed by atoms with Crippen LogP contribution in [0.1, 0.15) is 27.4 Å². The van der Waals surface area contributed by atoms with Gasteiger partial charge in [0.1, 0.15) is 17.4 Å². The number of hydrogen-bond acceptors (Lipinski definition) is 4. The summed E-state index contributed by atoms with van der Waals surface area (Å²) >= 11 is 0. The number of carbonyl (C=O) groups is 2. The molecular weight excluding hydrogens is 376 g/mol. The predicted octanol–water partition coefficient (Wildman–Crippen LogP) is 5.50. The topological polar surface area (TPSA) is 52.6 Å². The van der Waals surface area contributed by atoms with Crippen molar-refractivity contribution >= 4 is 22.5 Å². The number of carbonyl (C=O) groups excluding carboxylic acids is 2. The van der Waals surface area contributed by atoms with Gasteiger partial charge in [-0.2, -0.15) is 0 Å². The Morgan fingerprint density at radius 1 is 0.733 bits per heavy atom. The minimum atomic E-state index is -0.633. The SMILES string of the molecule is O=C(COC(=O)C1c2ccccc2Oc2ccccc21)c1cccc2ccccc12. The fourth-order valence-electron chi connectivity index (χ4n) is 3.93. The molecule has 4 aromatic rings. The lowest BCUT2D eigenvalue weighted by atomic mass is 9.88. The molecule has 4 aromatic carbocycles. The van der Waals surface area contributed by atoms with Crippen molar-refractivity contribution in [1.29, 1.82) is 0 Å². The van der Waals surface area contributed by atoms with Crippen LogP contribution in [0.15, 0.2) is 91.0 Å². The quantitative estimate of drug-likeness (QED) is 0.339. The molecule has 1 aliphatic rings. The van der Waals surface area contributed by atoms with Crippen LogP contribution < -0.4 is 4.74 Å². The number of hydrogen-bond donors (Lipinski definition) is 0. The molecule has 0 unspecified atom stereocenters. The standard InChI is InChI=1S/C26H18O4/c27-22(19-13-7-9-17-8-1-2-10-18(17)19)16-29-26(28)25-20-11-3-5-14-23(20)30-24-15-6-4-12-21(24)25/h1-15,25H,16H2.